The van der Waals surface area contributed by atoms with Crippen molar-refractivity contribution in [2.24, 2.45) is 0 Å². The zero-order valence-electron chi connectivity index (χ0n) is 10.5. The Bertz CT molecular complexity index is 461. The summed E-state index contributed by atoms with van der Waals surface area (Å²) in [5, 5.41) is 8.74. The molecule has 0 aliphatic carbocycles. The Balaban J connectivity index is 2.12. The average molecular weight is 230 g/mol. The molecule has 0 radical (unpaired) electrons. The molecule has 0 N–H and O–H groups in total. The minimum absolute atomic E-state index is 0.511. The number of aromatic nitrogens is 3. The standard InChI is InChI=1S/C13H18N4/c1-11(2)16(3)10-12-9-14-17(15-12)13-7-5-4-6-8-13/h4-9,11H,10H2,1-3H3. The molecule has 0 saturated heterocycles. The van der Waals surface area contributed by atoms with E-state index >= 15 is 0 Å². The first-order valence-corrected chi connectivity index (χ1v) is 5.83. The van der Waals surface area contributed by atoms with Crippen LogP contribution >= 0.6 is 0 Å². The van der Waals surface area contributed by atoms with E-state index in [1.54, 1.807) is 4.80 Å². The summed E-state index contributed by atoms with van der Waals surface area (Å²) >= 11 is 0. The quantitative estimate of drug-likeness (QED) is 0.806. The molecule has 0 aliphatic rings. The molecular formula is C13H18N4. The molecule has 0 fully saturated rings. The molecule has 0 unspecified atom stereocenters. The first kappa shape index (κ1) is 11.8. The van der Waals surface area contributed by atoms with Gasteiger partial charge in [-0.25, -0.2) is 0 Å². The van der Waals surface area contributed by atoms with E-state index < -0.39 is 0 Å². The van der Waals surface area contributed by atoms with Gasteiger partial charge in [0.25, 0.3) is 0 Å². The monoisotopic (exact) mass is 230 g/mol. The van der Waals surface area contributed by atoms with E-state index in [0.717, 1.165) is 17.9 Å². The summed E-state index contributed by atoms with van der Waals surface area (Å²) in [4.78, 5) is 3.91. The molecule has 0 bridgehead atoms. The number of hydrogen-bond donors (Lipinski definition) is 0. The second-order valence-electron chi connectivity index (χ2n) is 4.47. The first-order chi connectivity index (χ1) is 8.16. The number of hydrogen-bond acceptors (Lipinski definition) is 3. The van der Waals surface area contributed by atoms with Gasteiger partial charge in [0, 0.05) is 12.6 Å². The molecule has 0 amide bonds. The van der Waals surface area contributed by atoms with Crippen LogP contribution in [-0.4, -0.2) is 33.0 Å². The third kappa shape index (κ3) is 2.91. The van der Waals surface area contributed by atoms with Crippen LogP contribution in [0.15, 0.2) is 36.5 Å². The summed E-state index contributed by atoms with van der Waals surface area (Å²) in [7, 11) is 2.09. The largest absolute Gasteiger partial charge is 0.298 e. The van der Waals surface area contributed by atoms with Crippen molar-refractivity contribution < 1.29 is 0 Å². The van der Waals surface area contributed by atoms with Crippen LogP contribution in [0, 0.1) is 0 Å². The Morgan fingerprint density at radius 2 is 1.94 bits per heavy atom. The van der Waals surface area contributed by atoms with Crippen LogP contribution in [0.2, 0.25) is 0 Å². The number of nitrogens with zero attached hydrogens (tertiary/aromatic N) is 4. The molecule has 2 rings (SSSR count). The highest BCUT2D eigenvalue weighted by molar-refractivity contribution is 5.28. The van der Waals surface area contributed by atoms with Gasteiger partial charge >= 0.3 is 0 Å². The van der Waals surface area contributed by atoms with E-state index in [1.165, 1.54) is 0 Å². The van der Waals surface area contributed by atoms with Gasteiger partial charge in [-0.3, -0.25) is 4.90 Å². The maximum Gasteiger partial charge on any atom is 0.0971 e. The highest BCUT2D eigenvalue weighted by atomic mass is 15.5. The molecule has 0 spiro atoms. The molecule has 1 heterocycles. The lowest BCUT2D eigenvalue weighted by Crippen LogP contribution is -2.25. The van der Waals surface area contributed by atoms with Gasteiger partial charge in [-0.15, -0.1) is 0 Å². The van der Waals surface area contributed by atoms with Crippen molar-refractivity contribution in [3.05, 3.63) is 42.2 Å². The van der Waals surface area contributed by atoms with Crippen molar-refractivity contribution in [3.8, 4) is 5.69 Å². The van der Waals surface area contributed by atoms with E-state index in [1.807, 2.05) is 36.5 Å². The van der Waals surface area contributed by atoms with Gasteiger partial charge in [-0.2, -0.15) is 15.0 Å². The normalized spacial score (nSPS) is 11.4. The molecule has 4 heteroatoms. The van der Waals surface area contributed by atoms with Crippen molar-refractivity contribution in [1.29, 1.82) is 0 Å². The van der Waals surface area contributed by atoms with Crippen LogP contribution in [0.3, 0.4) is 0 Å². The predicted molar refractivity (Wildman–Crippen MR) is 68.0 cm³/mol. The third-order valence-corrected chi connectivity index (χ3v) is 2.82. The van der Waals surface area contributed by atoms with Crippen LogP contribution in [0.1, 0.15) is 19.5 Å². The Morgan fingerprint density at radius 1 is 1.24 bits per heavy atom. The molecule has 2 aromatic rings. The van der Waals surface area contributed by atoms with E-state index in [2.05, 4.69) is 36.0 Å². The minimum Gasteiger partial charge on any atom is -0.298 e. The number of para-hydroxylation sites is 1. The maximum atomic E-state index is 4.47. The maximum absolute atomic E-state index is 4.47. The van der Waals surface area contributed by atoms with Crippen LogP contribution in [0.25, 0.3) is 5.69 Å². The first-order valence-electron chi connectivity index (χ1n) is 5.83. The van der Waals surface area contributed by atoms with Crippen LogP contribution in [0.4, 0.5) is 0 Å². The van der Waals surface area contributed by atoms with Gasteiger partial charge in [-0.1, -0.05) is 18.2 Å². The smallest absolute Gasteiger partial charge is 0.0971 e. The topological polar surface area (TPSA) is 34.0 Å². The van der Waals surface area contributed by atoms with Gasteiger partial charge in [0.1, 0.15) is 0 Å². The Labute approximate surface area is 102 Å². The van der Waals surface area contributed by atoms with E-state index in [-0.39, 0.29) is 0 Å². The van der Waals surface area contributed by atoms with Crippen LogP contribution in [-0.2, 0) is 6.54 Å². The Kier molecular flexibility index (Phi) is 3.54. The number of rotatable bonds is 4. The third-order valence-electron chi connectivity index (χ3n) is 2.82. The zero-order valence-corrected chi connectivity index (χ0v) is 10.5. The van der Waals surface area contributed by atoms with Gasteiger partial charge < -0.3 is 0 Å². The second-order valence-corrected chi connectivity index (χ2v) is 4.47. The fraction of sp³-hybridized carbons (Fsp3) is 0.385. The molecule has 1 aromatic heterocycles. The second kappa shape index (κ2) is 5.10. The van der Waals surface area contributed by atoms with Gasteiger partial charge in [-0.05, 0) is 33.0 Å². The van der Waals surface area contributed by atoms with Crippen molar-refractivity contribution in [3.63, 3.8) is 0 Å². The fourth-order valence-electron chi connectivity index (χ4n) is 1.49. The Hall–Kier alpha value is -1.68. The van der Waals surface area contributed by atoms with Gasteiger partial charge in [0.05, 0.1) is 17.6 Å². The van der Waals surface area contributed by atoms with E-state index in [9.17, 15) is 0 Å². The SMILES string of the molecule is CC(C)N(C)Cc1cnn(-c2ccccc2)n1. The summed E-state index contributed by atoms with van der Waals surface area (Å²) in [5.74, 6) is 0. The molecule has 1 aromatic carbocycles. The highest BCUT2D eigenvalue weighted by Gasteiger charge is 2.08. The van der Waals surface area contributed by atoms with Crippen LogP contribution < -0.4 is 0 Å². The molecule has 0 aliphatic heterocycles. The Morgan fingerprint density at radius 3 is 2.59 bits per heavy atom. The summed E-state index contributed by atoms with van der Waals surface area (Å²) in [6, 6.07) is 10.5. The van der Waals surface area contributed by atoms with Gasteiger partial charge in [0.15, 0.2) is 0 Å². The van der Waals surface area contributed by atoms with Crippen LogP contribution in [0.5, 0.6) is 0 Å². The summed E-state index contributed by atoms with van der Waals surface area (Å²) < 4.78 is 0. The minimum atomic E-state index is 0.511. The van der Waals surface area contributed by atoms with E-state index in [4.69, 9.17) is 0 Å². The molecule has 4 nitrogen and oxygen atoms in total. The molecule has 0 atom stereocenters. The molecule has 17 heavy (non-hydrogen) atoms. The van der Waals surface area contributed by atoms with Crippen molar-refractivity contribution in [1.82, 2.24) is 19.9 Å². The lowest BCUT2D eigenvalue weighted by Gasteiger charge is -2.18. The molecule has 90 valence electrons. The lowest BCUT2D eigenvalue weighted by atomic mass is 10.3. The van der Waals surface area contributed by atoms with Gasteiger partial charge in [0.2, 0.25) is 0 Å². The highest BCUT2D eigenvalue weighted by Crippen LogP contribution is 2.06. The predicted octanol–water partition coefficient (Wildman–Crippen LogP) is 2.11. The molecule has 0 saturated carbocycles. The fourth-order valence-corrected chi connectivity index (χ4v) is 1.49. The number of benzene rings is 1. The average Bonchev–Trinajstić information content (AvgIpc) is 2.78. The molecular weight excluding hydrogens is 212 g/mol. The summed E-state index contributed by atoms with van der Waals surface area (Å²) in [5.41, 5.74) is 1.98. The summed E-state index contributed by atoms with van der Waals surface area (Å²) in [6.45, 7) is 5.16. The lowest BCUT2D eigenvalue weighted by molar-refractivity contribution is 0.262. The van der Waals surface area contributed by atoms with Crippen molar-refractivity contribution >= 4 is 0 Å². The van der Waals surface area contributed by atoms with Crippen molar-refractivity contribution in [2.45, 2.75) is 26.4 Å². The van der Waals surface area contributed by atoms with E-state index in [0.29, 0.717) is 6.04 Å². The summed E-state index contributed by atoms with van der Waals surface area (Å²) in [6.07, 6.45) is 1.83. The van der Waals surface area contributed by atoms with Crippen molar-refractivity contribution in [2.75, 3.05) is 7.05 Å². The zero-order chi connectivity index (χ0) is 12.3.